The number of carbonyl (C=O) groups excluding carboxylic acids is 1. The summed E-state index contributed by atoms with van der Waals surface area (Å²) in [6, 6.07) is 7.51. The third kappa shape index (κ3) is 3.52. The molecule has 1 aliphatic rings. The van der Waals surface area contributed by atoms with E-state index in [4.69, 9.17) is 22.4 Å². The maximum Gasteiger partial charge on any atom is 0.327 e. The fraction of sp³-hybridized carbons (Fsp3) is 0.143. The number of hydrogen-bond acceptors (Lipinski definition) is 5. The highest BCUT2D eigenvalue weighted by Gasteiger charge is 2.41. The molecule has 0 saturated carbocycles. The van der Waals surface area contributed by atoms with E-state index in [9.17, 15) is 14.4 Å². The smallest absolute Gasteiger partial charge is 0.327 e. The van der Waals surface area contributed by atoms with Crippen LogP contribution in [-0.2, 0) is 14.4 Å². The summed E-state index contributed by atoms with van der Waals surface area (Å²) in [5, 5.41) is 17.9. The van der Waals surface area contributed by atoms with Crippen molar-refractivity contribution in [2.45, 2.75) is 12.5 Å². The van der Waals surface area contributed by atoms with Crippen molar-refractivity contribution in [2.75, 3.05) is 0 Å². The van der Waals surface area contributed by atoms with E-state index in [1.165, 1.54) is 0 Å². The third-order valence-electron chi connectivity index (χ3n) is 2.89. The molecule has 1 aliphatic heterocycles. The Hall–Kier alpha value is -2.19. The van der Waals surface area contributed by atoms with E-state index in [-0.39, 0.29) is 9.23 Å². The number of amides is 1. The molecule has 1 atom stereocenters. The minimum atomic E-state index is -1.51. The van der Waals surface area contributed by atoms with E-state index < -0.39 is 30.3 Å². The van der Waals surface area contributed by atoms with Gasteiger partial charge in [-0.05, 0) is 11.6 Å². The highest BCUT2D eigenvalue weighted by molar-refractivity contribution is 8.26. The van der Waals surface area contributed by atoms with E-state index in [1.807, 2.05) is 6.07 Å². The molecule has 0 bridgehead atoms. The maximum absolute atomic E-state index is 12.3. The van der Waals surface area contributed by atoms with Gasteiger partial charge in [0.1, 0.15) is 10.4 Å². The average Bonchev–Trinajstić information content (AvgIpc) is 2.72. The quantitative estimate of drug-likeness (QED) is 0.625. The lowest BCUT2D eigenvalue weighted by atomic mass is 10.1. The predicted octanol–water partition coefficient (Wildman–Crippen LogP) is 1.82. The summed E-state index contributed by atoms with van der Waals surface area (Å²) in [5.41, 5.74) is 0.771. The molecule has 0 aromatic heterocycles. The van der Waals surface area contributed by atoms with Crippen LogP contribution in [0.5, 0.6) is 0 Å². The van der Waals surface area contributed by atoms with Crippen LogP contribution >= 0.6 is 24.0 Å². The van der Waals surface area contributed by atoms with Crippen molar-refractivity contribution < 1.29 is 24.6 Å². The standard InChI is InChI=1S/C14H11NO5S2/c16-11(17)7-9(13(19)20)15-12(18)10(22-14(15)21)6-8-4-2-1-3-5-8/h1-6,9H,7H2,(H,16,17)(H,19,20)/b10-6+/t9-/m1/s1. The van der Waals surface area contributed by atoms with Crippen molar-refractivity contribution >= 4 is 52.2 Å². The summed E-state index contributed by atoms with van der Waals surface area (Å²) in [6.45, 7) is 0. The van der Waals surface area contributed by atoms with E-state index in [0.29, 0.717) is 0 Å². The number of aliphatic carboxylic acids is 2. The Bertz CT molecular complexity index is 671. The van der Waals surface area contributed by atoms with Gasteiger partial charge in [-0.25, -0.2) is 4.79 Å². The lowest BCUT2D eigenvalue weighted by Gasteiger charge is -2.21. The summed E-state index contributed by atoms with van der Waals surface area (Å²) in [4.78, 5) is 35.5. The number of carboxylic acids is 2. The Labute approximate surface area is 135 Å². The second-order valence-corrected chi connectivity index (χ2v) is 6.09. The molecule has 1 saturated heterocycles. The van der Waals surface area contributed by atoms with Crippen molar-refractivity contribution in [1.29, 1.82) is 0 Å². The molecule has 1 amide bonds. The summed E-state index contributed by atoms with van der Waals surface area (Å²) >= 11 is 5.99. The zero-order valence-electron chi connectivity index (χ0n) is 11.1. The van der Waals surface area contributed by atoms with Crippen LogP contribution in [0.4, 0.5) is 0 Å². The Morgan fingerprint density at radius 1 is 1.27 bits per heavy atom. The minimum absolute atomic E-state index is 0.0424. The van der Waals surface area contributed by atoms with Crippen LogP contribution in [0.3, 0.4) is 0 Å². The van der Waals surface area contributed by atoms with E-state index in [0.717, 1.165) is 22.2 Å². The molecule has 1 aromatic carbocycles. The van der Waals surface area contributed by atoms with Gasteiger partial charge in [0, 0.05) is 0 Å². The molecular weight excluding hydrogens is 326 g/mol. The van der Waals surface area contributed by atoms with Gasteiger partial charge in [-0.3, -0.25) is 14.5 Å². The Kier molecular flexibility index (Phi) is 4.94. The first-order valence-electron chi connectivity index (χ1n) is 6.17. The fourth-order valence-corrected chi connectivity index (χ4v) is 3.26. The zero-order valence-corrected chi connectivity index (χ0v) is 12.8. The fourth-order valence-electron chi connectivity index (χ4n) is 1.90. The molecule has 22 heavy (non-hydrogen) atoms. The topological polar surface area (TPSA) is 94.9 Å². The zero-order chi connectivity index (χ0) is 16.3. The lowest BCUT2D eigenvalue weighted by molar-refractivity contribution is -0.150. The van der Waals surface area contributed by atoms with Gasteiger partial charge in [0.15, 0.2) is 0 Å². The number of nitrogens with zero attached hydrogens (tertiary/aromatic N) is 1. The van der Waals surface area contributed by atoms with Gasteiger partial charge in [0.25, 0.3) is 5.91 Å². The molecule has 114 valence electrons. The van der Waals surface area contributed by atoms with Gasteiger partial charge < -0.3 is 10.2 Å². The molecule has 1 fully saturated rings. The summed E-state index contributed by atoms with van der Waals surface area (Å²) in [5.74, 6) is -3.30. The highest BCUT2D eigenvalue weighted by atomic mass is 32.2. The van der Waals surface area contributed by atoms with Gasteiger partial charge in [0.2, 0.25) is 0 Å². The highest BCUT2D eigenvalue weighted by Crippen LogP contribution is 2.34. The van der Waals surface area contributed by atoms with Crippen LogP contribution in [0, 0.1) is 0 Å². The minimum Gasteiger partial charge on any atom is -0.481 e. The monoisotopic (exact) mass is 337 g/mol. The normalized spacial score (nSPS) is 17.8. The number of rotatable bonds is 5. The first-order chi connectivity index (χ1) is 10.4. The van der Waals surface area contributed by atoms with E-state index in [1.54, 1.807) is 30.3 Å². The molecule has 0 unspecified atom stereocenters. The number of hydrogen-bond donors (Lipinski definition) is 2. The van der Waals surface area contributed by atoms with E-state index >= 15 is 0 Å². The molecular formula is C14H11NO5S2. The van der Waals surface area contributed by atoms with Gasteiger partial charge in [-0.1, -0.05) is 54.3 Å². The number of carboxylic acid groups (broad SMARTS) is 2. The van der Waals surface area contributed by atoms with Gasteiger partial charge in [-0.15, -0.1) is 0 Å². The number of thiocarbonyl (C=S) groups is 1. The molecule has 2 N–H and O–H groups in total. The molecule has 2 rings (SSSR count). The number of thioether (sulfide) groups is 1. The van der Waals surface area contributed by atoms with Crippen molar-refractivity contribution in [3.8, 4) is 0 Å². The second kappa shape index (κ2) is 6.71. The maximum atomic E-state index is 12.3. The average molecular weight is 337 g/mol. The Morgan fingerprint density at radius 2 is 1.91 bits per heavy atom. The van der Waals surface area contributed by atoms with Crippen LogP contribution in [-0.4, -0.2) is 43.3 Å². The molecule has 0 radical (unpaired) electrons. The van der Waals surface area contributed by atoms with Gasteiger partial charge >= 0.3 is 11.9 Å². The molecule has 0 spiro atoms. The molecule has 6 nitrogen and oxygen atoms in total. The first kappa shape index (κ1) is 16.2. The molecule has 8 heteroatoms. The number of carbonyl (C=O) groups is 3. The van der Waals surface area contributed by atoms with Gasteiger partial charge in [-0.2, -0.15) is 0 Å². The lowest BCUT2D eigenvalue weighted by Crippen LogP contribution is -2.45. The largest absolute Gasteiger partial charge is 0.481 e. The van der Waals surface area contributed by atoms with Crippen LogP contribution in [0.2, 0.25) is 0 Å². The van der Waals surface area contributed by atoms with Crippen LogP contribution in [0.15, 0.2) is 35.2 Å². The summed E-state index contributed by atoms with van der Waals surface area (Å²) in [7, 11) is 0. The Balaban J connectivity index is 2.30. The van der Waals surface area contributed by atoms with Crippen LogP contribution in [0.25, 0.3) is 6.08 Å². The molecule has 1 heterocycles. The first-order valence-corrected chi connectivity index (χ1v) is 7.39. The van der Waals surface area contributed by atoms with Crippen LogP contribution < -0.4 is 0 Å². The second-order valence-electron chi connectivity index (χ2n) is 4.41. The predicted molar refractivity (Wildman–Crippen MR) is 85.1 cm³/mol. The molecule has 0 aliphatic carbocycles. The van der Waals surface area contributed by atoms with Crippen molar-refractivity contribution in [3.05, 3.63) is 40.8 Å². The SMILES string of the molecule is O=C(O)C[C@H](C(=O)O)N1C(=O)/C(=C\c2ccccc2)SC1=S. The molecule has 1 aromatic rings. The van der Waals surface area contributed by atoms with Crippen LogP contribution in [0.1, 0.15) is 12.0 Å². The summed E-state index contributed by atoms with van der Waals surface area (Å²) in [6.07, 6.45) is 0.888. The Morgan fingerprint density at radius 3 is 2.45 bits per heavy atom. The van der Waals surface area contributed by atoms with Crippen molar-refractivity contribution in [3.63, 3.8) is 0 Å². The van der Waals surface area contributed by atoms with Crippen molar-refractivity contribution in [1.82, 2.24) is 4.90 Å². The van der Waals surface area contributed by atoms with Crippen molar-refractivity contribution in [2.24, 2.45) is 0 Å². The summed E-state index contributed by atoms with van der Waals surface area (Å²) < 4.78 is 0.0424. The van der Waals surface area contributed by atoms with Gasteiger partial charge in [0.05, 0.1) is 11.3 Å². The third-order valence-corrected chi connectivity index (χ3v) is 4.22. The van der Waals surface area contributed by atoms with E-state index in [2.05, 4.69) is 0 Å². The number of benzene rings is 1.